The molecular formula is C15H26N4O5S. The molecule has 2 heterocycles. The van der Waals surface area contributed by atoms with Gasteiger partial charge in [0.2, 0.25) is 10.0 Å². The Hall–Kier alpha value is -1.49. The average Bonchev–Trinajstić information content (AvgIpc) is 2.54. The summed E-state index contributed by atoms with van der Waals surface area (Å²) in [6, 6.07) is 0. The molecule has 2 rings (SSSR count). The van der Waals surface area contributed by atoms with E-state index in [1.165, 1.54) is 14.1 Å². The highest BCUT2D eigenvalue weighted by Gasteiger charge is 2.25. The molecular weight excluding hydrogens is 348 g/mol. The maximum absolute atomic E-state index is 12.5. The summed E-state index contributed by atoms with van der Waals surface area (Å²) >= 11 is 0. The van der Waals surface area contributed by atoms with Gasteiger partial charge in [-0.05, 0) is 5.92 Å². The number of hydrogen-bond acceptors (Lipinski definition) is 6. The zero-order valence-corrected chi connectivity index (χ0v) is 15.9. The van der Waals surface area contributed by atoms with Crippen molar-refractivity contribution in [3.05, 3.63) is 27.0 Å². The first-order chi connectivity index (χ1) is 11.6. The Labute approximate surface area is 147 Å². The first-order valence-electron chi connectivity index (χ1n) is 8.22. The highest BCUT2D eigenvalue weighted by atomic mass is 32.2. The molecule has 0 aliphatic carbocycles. The predicted octanol–water partition coefficient (Wildman–Crippen LogP) is -1.28. The van der Waals surface area contributed by atoms with Crippen molar-refractivity contribution in [3.63, 3.8) is 0 Å². The second-order valence-corrected chi connectivity index (χ2v) is 8.48. The van der Waals surface area contributed by atoms with Crippen LogP contribution >= 0.6 is 0 Å². The van der Waals surface area contributed by atoms with Crippen molar-refractivity contribution in [2.24, 2.45) is 20.0 Å². The SMILES string of the molecule is CC(C)CN1CCOC(CNS(=O)(=O)c2cn(C)c(=O)n(C)c2=O)C1. The zero-order chi connectivity index (χ0) is 18.8. The largest absolute Gasteiger partial charge is 0.374 e. The lowest BCUT2D eigenvalue weighted by Crippen LogP contribution is -2.49. The van der Waals surface area contributed by atoms with E-state index in [1.807, 2.05) is 0 Å². The van der Waals surface area contributed by atoms with Crippen molar-refractivity contribution < 1.29 is 13.2 Å². The Bertz CT molecular complexity index is 827. The number of sulfonamides is 1. The fourth-order valence-corrected chi connectivity index (χ4v) is 4.05. The third kappa shape index (κ3) is 4.78. The topological polar surface area (TPSA) is 103 Å². The molecule has 1 atom stereocenters. The van der Waals surface area contributed by atoms with Crippen LogP contribution in [0.3, 0.4) is 0 Å². The normalized spacial score (nSPS) is 19.5. The first kappa shape index (κ1) is 19.8. The molecule has 1 aromatic heterocycles. The Balaban J connectivity index is 2.10. The molecule has 1 N–H and O–H groups in total. The molecule has 0 aromatic carbocycles. The number of aromatic nitrogens is 2. The quantitative estimate of drug-likeness (QED) is 0.665. The smallest absolute Gasteiger partial charge is 0.330 e. The number of aryl methyl sites for hydroxylation is 1. The van der Waals surface area contributed by atoms with Crippen LogP contribution < -0.4 is 16.0 Å². The van der Waals surface area contributed by atoms with Crippen LogP contribution in [0, 0.1) is 5.92 Å². The summed E-state index contributed by atoms with van der Waals surface area (Å²) in [7, 11) is -1.39. The Morgan fingerprint density at radius 2 is 2.00 bits per heavy atom. The van der Waals surface area contributed by atoms with Gasteiger partial charge in [0.15, 0.2) is 4.90 Å². The molecule has 1 aliphatic heterocycles. The molecule has 1 saturated heterocycles. The lowest BCUT2D eigenvalue weighted by atomic mass is 10.2. The van der Waals surface area contributed by atoms with Crippen LogP contribution in [0.1, 0.15) is 13.8 Å². The molecule has 0 bridgehead atoms. The second kappa shape index (κ2) is 7.81. The molecule has 10 heteroatoms. The van der Waals surface area contributed by atoms with Gasteiger partial charge in [-0.3, -0.25) is 14.3 Å². The summed E-state index contributed by atoms with van der Waals surface area (Å²) in [5, 5.41) is 0. The van der Waals surface area contributed by atoms with Gasteiger partial charge in [0.05, 0.1) is 12.7 Å². The number of morpholine rings is 1. The summed E-state index contributed by atoms with van der Waals surface area (Å²) in [5.74, 6) is 0.518. The van der Waals surface area contributed by atoms with Gasteiger partial charge < -0.3 is 9.30 Å². The Morgan fingerprint density at radius 3 is 2.64 bits per heavy atom. The molecule has 142 valence electrons. The summed E-state index contributed by atoms with van der Waals surface area (Å²) in [6.45, 7) is 7.25. The van der Waals surface area contributed by atoms with Crippen molar-refractivity contribution in [2.45, 2.75) is 24.8 Å². The van der Waals surface area contributed by atoms with Gasteiger partial charge in [0.1, 0.15) is 0 Å². The average molecular weight is 374 g/mol. The van der Waals surface area contributed by atoms with Crippen LogP contribution in [-0.2, 0) is 28.9 Å². The number of ether oxygens (including phenoxy) is 1. The molecule has 1 aliphatic rings. The van der Waals surface area contributed by atoms with Gasteiger partial charge in [-0.15, -0.1) is 0 Å². The van der Waals surface area contributed by atoms with Gasteiger partial charge in [0, 0.05) is 46.5 Å². The van der Waals surface area contributed by atoms with Crippen molar-refractivity contribution in [1.29, 1.82) is 0 Å². The minimum absolute atomic E-state index is 0.0723. The molecule has 25 heavy (non-hydrogen) atoms. The third-order valence-corrected chi connectivity index (χ3v) is 5.46. The fourth-order valence-electron chi connectivity index (χ4n) is 2.83. The molecule has 1 aromatic rings. The fraction of sp³-hybridized carbons (Fsp3) is 0.733. The van der Waals surface area contributed by atoms with Crippen molar-refractivity contribution >= 4 is 10.0 Å². The second-order valence-electron chi connectivity index (χ2n) is 6.75. The summed E-state index contributed by atoms with van der Waals surface area (Å²) in [6.07, 6.45) is 0.762. The lowest BCUT2D eigenvalue weighted by Gasteiger charge is -2.33. The van der Waals surface area contributed by atoms with Crippen LogP contribution in [-0.4, -0.2) is 61.3 Å². The van der Waals surface area contributed by atoms with E-state index < -0.39 is 26.2 Å². The molecule has 1 fully saturated rings. The van der Waals surface area contributed by atoms with E-state index in [2.05, 4.69) is 23.5 Å². The van der Waals surface area contributed by atoms with Crippen LogP contribution in [0.2, 0.25) is 0 Å². The van der Waals surface area contributed by atoms with Crippen LogP contribution in [0.5, 0.6) is 0 Å². The van der Waals surface area contributed by atoms with Crippen molar-refractivity contribution in [3.8, 4) is 0 Å². The van der Waals surface area contributed by atoms with E-state index in [9.17, 15) is 18.0 Å². The standard InChI is InChI=1S/C15H26N4O5S/c1-11(2)8-19-5-6-24-12(9-19)7-16-25(22,23)13-10-17(3)15(21)18(4)14(13)20/h10-12,16H,5-9H2,1-4H3. The molecule has 0 amide bonds. The number of nitrogens with zero attached hydrogens (tertiary/aromatic N) is 3. The van der Waals surface area contributed by atoms with E-state index in [4.69, 9.17) is 4.74 Å². The molecule has 1 unspecified atom stereocenters. The lowest BCUT2D eigenvalue weighted by molar-refractivity contribution is -0.0280. The van der Waals surface area contributed by atoms with Crippen LogP contribution in [0.25, 0.3) is 0 Å². The maximum atomic E-state index is 12.5. The Kier molecular flexibility index (Phi) is 6.20. The first-order valence-corrected chi connectivity index (χ1v) is 9.70. The van der Waals surface area contributed by atoms with E-state index >= 15 is 0 Å². The third-order valence-electron chi connectivity index (χ3n) is 4.05. The number of nitrogens with one attached hydrogen (secondary N) is 1. The van der Waals surface area contributed by atoms with Crippen molar-refractivity contribution in [1.82, 2.24) is 18.8 Å². The summed E-state index contributed by atoms with van der Waals surface area (Å²) in [4.78, 5) is 25.6. The van der Waals surface area contributed by atoms with E-state index in [-0.39, 0.29) is 12.6 Å². The highest BCUT2D eigenvalue weighted by Crippen LogP contribution is 2.08. The minimum Gasteiger partial charge on any atom is -0.374 e. The molecule has 0 radical (unpaired) electrons. The van der Waals surface area contributed by atoms with Gasteiger partial charge >= 0.3 is 5.69 Å². The maximum Gasteiger partial charge on any atom is 0.330 e. The monoisotopic (exact) mass is 374 g/mol. The van der Waals surface area contributed by atoms with Gasteiger partial charge in [-0.2, -0.15) is 0 Å². The molecule has 0 saturated carbocycles. The summed E-state index contributed by atoms with van der Waals surface area (Å²) in [5.41, 5.74) is -1.43. The highest BCUT2D eigenvalue weighted by molar-refractivity contribution is 7.89. The zero-order valence-electron chi connectivity index (χ0n) is 15.1. The number of rotatable bonds is 6. The number of hydrogen-bond donors (Lipinski definition) is 1. The minimum atomic E-state index is -4.03. The molecule has 0 spiro atoms. The van der Waals surface area contributed by atoms with Gasteiger partial charge in [-0.25, -0.2) is 17.9 Å². The van der Waals surface area contributed by atoms with Gasteiger partial charge in [0.25, 0.3) is 5.56 Å². The van der Waals surface area contributed by atoms with Gasteiger partial charge in [-0.1, -0.05) is 13.8 Å². The van der Waals surface area contributed by atoms with E-state index in [0.29, 0.717) is 19.1 Å². The molecule has 9 nitrogen and oxygen atoms in total. The van der Waals surface area contributed by atoms with E-state index in [0.717, 1.165) is 28.4 Å². The van der Waals surface area contributed by atoms with Crippen molar-refractivity contribution in [2.75, 3.05) is 32.8 Å². The van der Waals surface area contributed by atoms with Crippen LogP contribution in [0.4, 0.5) is 0 Å². The summed E-state index contributed by atoms with van der Waals surface area (Å²) < 4.78 is 34.8. The van der Waals surface area contributed by atoms with E-state index in [1.54, 1.807) is 0 Å². The Morgan fingerprint density at radius 1 is 1.32 bits per heavy atom. The van der Waals surface area contributed by atoms with Crippen LogP contribution in [0.15, 0.2) is 20.7 Å². The predicted molar refractivity (Wildman–Crippen MR) is 93.1 cm³/mol.